The van der Waals surface area contributed by atoms with E-state index < -0.39 is 0 Å². The van der Waals surface area contributed by atoms with Crippen LogP contribution in [0.2, 0.25) is 0 Å². The predicted molar refractivity (Wildman–Crippen MR) is 118 cm³/mol. The summed E-state index contributed by atoms with van der Waals surface area (Å²) in [4.78, 5) is 52.0. The molecule has 1 aliphatic carbocycles. The lowest BCUT2D eigenvalue weighted by molar-refractivity contribution is -0.136. The van der Waals surface area contributed by atoms with Crippen molar-refractivity contribution >= 4 is 23.2 Å². The molecule has 4 heterocycles. The number of nitrogens with one attached hydrogen (secondary N) is 1. The highest BCUT2D eigenvalue weighted by molar-refractivity contribution is 7.13. The second kappa shape index (κ2) is 8.22. The third-order valence-electron chi connectivity index (χ3n) is 6.88. The lowest BCUT2D eigenvalue weighted by Gasteiger charge is -2.30. The molecule has 2 amide bonds. The molecule has 7 nitrogen and oxygen atoms in total. The van der Waals surface area contributed by atoms with Crippen LogP contribution in [-0.2, 0) is 17.8 Å². The highest BCUT2D eigenvalue weighted by Gasteiger charge is 2.37. The van der Waals surface area contributed by atoms with Gasteiger partial charge in [0.1, 0.15) is 5.82 Å². The first kappa shape index (κ1) is 20.4. The number of hydrogen-bond donors (Lipinski definition) is 1. The van der Waals surface area contributed by atoms with Gasteiger partial charge in [-0.3, -0.25) is 14.4 Å². The molecule has 2 aliphatic heterocycles. The number of aromatic nitrogens is 2. The van der Waals surface area contributed by atoms with Crippen LogP contribution in [0.15, 0.2) is 16.9 Å². The third-order valence-corrected chi connectivity index (χ3v) is 7.87. The van der Waals surface area contributed by atoms with E-state index in [1.807, 2.05) is 24.0 Å². The standard InChI is InChI=1S/C23H28N4O3S/c1-14-8-9-19(31-14)23(30)26-12-10-17-16(13-26)21(28)25-20(24-17)18-7-4-11-27(18)22(29)15-5-2-3-6-15/h8-9,15,18H,2-7,10-13H2,1H3,(H,24,25,28)/t18-/m1/s1. The van der Waals surface area contributed by atoms with Gasteiger partial charge in [0.15, 0.2) is 0 Å². The molecule has 1 saturated carbocycles. The fourth-order valence-electron chi connectivity index (χ4n) is 5.20. The molecule has 0 spiro atoms. The lowest BCUT2D eigenvalue weighted by Crippen LogP contribution is -2.41. The SMILES string of the molecule is Cc1ccc(C(=O)N2CCc3nc([C@H]4CCCN4C(=O)C4CCCC4)[nH]c(=O)c3C2)s1. The van der Waals surface area contributed by atoms with E-state index in [2.05, 4.69) is 4.98 Å². The number of fused-ring (bicyclic) bond motifs is 1. The van der Waals surface area contributed by atoms with Gasteiger partial charge >= 0.3 is 0 Å². The predicted octanol–water partition coefficient (Wildman–Crippen LogP) is 3.19. The maximum atomic E-state index is 13.0. The highest BCUT2D eigenvalue weighted by Crippen LogP contribution is 2.35. The van der Waals surface area contributed by atoms with Gasteiger partial charge in [-0.2, -0.15) is 0 Å². The van der Waals surface area contributed by atoms with Crippen molar-refractivity contribution in [3.05, 3.63) is 49.3 Å². The zero-order valence-electron chi connectivity index (χ0n) is 17.9. The van der Waals surface area contributed by atoms with Crippen molar-refractivity contribution in [2.24, 2.45) is 5.92 Å². The fourth-order valence-corrected chi connectivity index (χ4v) is 6.04. The van der Waals surface area contributed by atoms with Crippen molar-refractivity contribution in [3.8, 4) is 0 Å². The molecule has 1 atom stereocenters. The summed E-state index contributed by atoms with van der Waals surface area (Å²) in [5, 5.41) is 0. The van der Waals surface area contributed by atoms with E-state index in [4.69, 9.17) is 4.98 Å². The maximum Gasteiger partial charge on any atom is 0.264 e. The molecule has 31 heavy (non-hydrogen) atoms. The molecule has 2 aromatic heterocycles. The summed E-state index contributed by atoms with van der Waals surface area (Å²) in [6.07, 6.45) is 6.54. The van der Waals surface area contributed by atoms with Crippen molar-refractivity contribution < 1.29 is 9.59 Å². The van der Waals surface area contributed by atoms with Gasteiger partial charge in [0.05, 0.1) is 28.7 Å². The molecule has 5 rings (SSSR count). The van der Waals surface area contributed by atoms with Crippen LogP contribution >= 0.6 is 11.3 Å². The van der Waals surface area contributed by atoms with Crippen molar-refractivity contribution in [1.82, 2.24) is 19.8 Å². The van der Waals surface area contributed by atoms with Crippen LogP contribution in [0, 0.1) is 12.8 Å². The number of likely N-dealkylation sites (tertiary alicyclic amines) is 1. The largest absolute Gasteiger partial charge is 0.333 e. The molecule has 2 aromatic rings. The lowest BCUT2D eigenvalue weighted by atomic mass is 10.0. The molecule has 1 saturated heterocycles. The van der Waals surface area contributed by atoms with Crippen LogP contribution in [0.4, 0.5) is 0 Å². The summed E-state index contributed by atoms with van der Waals surface area (Å²) in [6, 6.07) is 3.65. The Kier molecular flexibility index (Phi) is 5.42. The summed E-state index contributed by atoms with van der Waals surface area (Å²) in [7, 11) is 0. The molecule has 0 unspecified atom stereocenters. The van der Waals surface area contributed by atoms with E-state index in [1.54, 1.807) is 4.90 Å². The zero-order valence-corrected chi connectivity index (χ0v) is 18.7. The van der Waals surface area contributed by atoms with E-state index in [-0.39, 0.29) is 35.9 Å². The monoisotopic (exact) mass is 440 g/mol. The number of nitrogens with zero attached hydrogens (tertiary/aromatic N) is 3. The molecule has 1 N–H and O–H groups in total. The molecule has 2 fully saturated rings. The average molecular weight is 441 g/mol. The number of aryl methyl sites for hydroxylation is 1. The average Bonchev–Trinajstić information content (AvgIpc) is 3.54. The van der Waals surface area contributed by atoms with Gasteiger partial charge < -0.3 is 14.8 Å². The van der Waals surface area contributed by atoms with E-state index in [0.717, 1.165) is 55.6 Å². The van der Waals surface area contributed by atoms with Crippen LogP contribution in [0.5, 0.6) is 0 Å². The first-order valence-corrected chi connectivity index (χ1v) is 12.1. The number of amides is 2. The summed E-state index contributed by atoms with van der Waals surface area (Å²) in [6.45, 7) is 3.55. The first-order chi connectivity index (χ1) is 15.0. The van der Waals surface area contributed by atoms with Crippen molar-refractivity contribution in [3.63, 3.8) is 0 Å². The van der Waals surface area contributed by atoms with Gasteiger partial charge in [-0.05, 0) is 44.7 Å². The number of thiophene rings is 1. The van der Waals surface area contributed by atoms with Gasteiger partial charge in [0, 0.05) is 30.3 Å². The fraction of sp³-hybridized carbons (Fsp3) is 0.565. The van der Waals surface area contributed by atoms with E-state index in [9.17, 15) is 14.4 Å². The van der Waals surface area contributed by atoms with Crippen molar-refractivity contribution in [2.45, 2.75) is 64.5 Å². The molecule has 3 aliphatic rings. The highest BCUT2D eigenvalue weighted by atomic mass is 32.1. The maximum absolute atomic E-state index is 13.0. The molecule has 8 heteroatoms. The Morgan fingerprint density at radius 2 is 1.94 bits per heavy atom. The Hall–Kier alpha value is -2.48. The van der Waals surface area contributed by atoms with Gasteiger partial charge in [0.25, 0.3) is 11.5 Å². The van der Waals surface area contributed by atoms with Crippen LogP contribution in [0.3, 0.4) is 0 Å². The number of H-pyrrole nitrogens is 1. The normalized spacial score (nSPS) is 21.5. The van der Waals surface area contributed by atoms with E-state index in [0.29, 0.717) is 29.2 Å². The molecular formula is C23H28N4O3S. The first-order valence-electron chi connectivity index (χ1n) is 11.3. The molecule has 164 valence electrons. The Morgan fingerprint density at radius 3 is 2.68 bits per heavy atom. The van der Waals surface area contributed by atoms with E-state index >= 15 is 0 Å². The van der Waals surface area contributed by atoms with Crippen LogP contribution in [0.25, 0.3) is 0 Å². The zero-order chi connectivity index (χ0) is 21.5. The molecular weight excluding hydrogens is 412 g/mol. The Labute approximate surface area is 185 Å². The van der Waals surface area contributed by atoms with Crippen LogP contribution in [-0.4, -0.2) is 44.7 Å². The number of carbonyl (C=O) groups is 2. The molecule has 0 bridgehead atoms. The minimum absolute atomic E-state index is 0.0312. The minimum atomic E-state index is -0.181. The Bertz CT molecular complexity index is 1070. The summed E-state index contributed by atoms with van der Waals surface area (Å²) < 4.78 is 0. The van der Waals surface area contributed by atoms with Crippen molar-refractivity contribution in [2.75, 3.05) is 13.1 Å². The summed E-state index contributed by atoms with van der Waals surface area (Å²) in [5.74, 6) is 0.936. The number of carbonyl (C=O) groups excluding carboxylic acids is 2. The van der Waals surface area contributed by atoms with Gasteiger partial charge in [0.2, 0.25) is 5.91 Å². The number of hydrogen-bond acceptors (Lipinski definition) is 5. The Morgan fingerprint density at radius 1 is 1.13 bits per heavy atom. The molecule has 0 aromatic carbocycles. The van der Waals surface area contributed by atoms with E-state index in [1.165, 1.54) is 11.3 Å². The smallest absolute Gasteiger partial charge is 0.264 e. The topological polar surface area (TPSA) is 86.4 Å². The van der Waals surface area contributed by atoms with Crippen LogP contribution in [0.1, 0.15) is 76.2 Å². The summed E-state index contributed by atoms with van der Waals surface area (Å²) in [5.41, 5.74) is 1.16. The van der Waals surface area contributed by atoms with Gasteiger partial charge in [-0.1, -0.05) is 12.8 Å². The second-order valence-corrected chi connectivity index (χ2v) is 10.2. The minimum Gasteiger partial charge on any atom is -0.333 e. The molecule has 0 radical (unpaired) electrons. The third kappa shape index (κ3) is 3.82. The van der Waals surface area contributed by atoms with Crippen molar-refractivity contribution in [1.29, 1.82) is 0 Å². The van der Waals surface area contributed by atoms with Gasteiger partial charge in [-0.15, -0.1) is 11.3 Å². The Balaban J connectivity index is 1.37. The number of rotatable bonds is 3. The van der Waals surface area contributed by atoms with Gasteiger partial charge in [-0.25, -0.2) is 4.98 Å². The van der Waals surface area contributed by atoms with Crippen LogP contribution < -0.4 is 5.56 Å². The number of aromatic amines is 1. The summed E-state index contributed by atoms with van der Waals surface area (Å²) >= 11 is 1.48. The quantitative estimate of drug-likeness (QED) is 0.794. The second-order valence-electron chi connectivity index (χ2n) is 8.93.